The summed E-state index contributed by atoms with van der Waals surface area (Å²) in [6, 6.07) is 0. The van der Waals surface area contributed by atoms with Crippen molar-refractivity contribution in [2.45, 2.75) is 39.4 Å². The van der Waals surface area contributed by atoms with E-state index in [2.05, 4.69) is 6.58 Å². The molecule has 0 aromatic carbocycles. The number of hydrogen-bond acceptors (Lipinski definition) is 5. The molecule has 0 spiro atoms. The van der Waals surface area contributed by atoms with Crippen LogP contribution >= 0.6 is 0 Å². The van der Waals surface area contributed by atoms with Crippen LogP contribution in [0.4, 0.5) is 0 Å². The van der Waals surface area contributed by atoms with Gasteiger partial charge in [-0.05, 0) is 31.3 Å². The minimum atomic E-state index is -0.874. The van der Waals surface area contributed by atoms with Gasteiger partial charge in [0.2, 0.25) is 0 Å². The largest absolute Gasteiger partial charge is 0.461 e. The first kappa shape index (κ1) is 15.0. The van der Waals surface area contributed by atoms with Crippen LogP contribution in [-0.2, 0) is 23.9 Å². The van der Waals surface area contributed by atoms with Gasteiger partial charge in [0.1, 0.15) is 12.2 Å². The maximum absolute atomic E-state index is 12.6. The maximum atomic E-state index is 12.6. The van der Waals surface area contributed by atoms with Gasteiger partial charge in [-0.25, -0.2) is 4.79 Å². The number of rotatable bonds is 1. The topological polar surface area (TPSA) is 69.7 Å². The van der Waals surface area contributed by atoms with Crippen LogP contribution in [0, 0.1) is 23.2 Å². The number of carbonyl (C=O) groups excluding carboxylic acids is 3. The third kappa shape index (κ3) is 1.87. The van der Waals surface area contributed by atoms with Gasteiger partial charge in [0, 0.05) is 12.5 Å². The Morgan fingerprint density at radius 2 is 2.14 bits per heavy atom. The predicted molar refractivity (Wildman–Crippen MR) is 77.6 cm³/mol. The van der Waals surface area contributed by atoms with E-state index in [9.17, 15) is 14.4 Å². The lowest BCUT2D eigenvalue weighted by Crippen LogP contribution is -2.49. The van der Waals surface area contributed by atoms with Crippen LogP contribution < -0.4 is 0 Å². The first-order valence-electron chi connectivity index (χ1n) is 7.56. The first-order chi connectivity index (χ1) is 10.3. The minimum absolute atomic E-state index is 0.0403. The molecule has 118 valence electrons. The standard InChI is InChI=1S/C17H20O5/c1-8-7-12-14(9(2)16(20)22-12)15(21-10(3)18)17(4)11(8)5-6-13(17)19/h5-6,8,11-12,14-15H,2,7H2,1,3-4H3/t8?,11?,12?,14?,15?,17-/m0/s1. The van der Waals surface area contributed by atoms with Crippen LogP contribution in [0.2, 0.25) is 0 Å². The molecule has 1 saturated heterocycles. The van der Waals surface area contributed by atoms with Crippen LogP contribution in [0.1, 0.15) is 27.2 Å². The lowest BCUT2D eigenvalue weighted by atomic mass is 9.67. The number of fused-ring (bicyclic) bond motifs is 2. The van der Waals surface area contributed by atoms with E-state index in [0.29, 0.717) is 12.0 Å². The van der Waals surface area contributed by atoms with E-state index in [1.807, 2.05) is 19.9 Å². The zero-order valence-corrected chi connectivity index (χ0v) is 13.0. The van der Waals surface area contributed by atoms with Crippen molar-refractivity contribution in [3.8, 4) is 0 Å². The van der Waals surface area contributed by atoms with Crippen LogP contribution in [0.25, 0.3) is 0 Å². The highest BCUT2D eigenvalue weighted by Gasteiger charge is 2.61. The third-order valence-corrected chi connectivity index (χ3v) is 5.43. The van der Waals surface area contributed by atoms with E-state index in [1.54, 1.807) is 6.08 Å². The fraction of sp³-hybridized carbons (Fsp3) is 0.588. The molecule has 0 aromatic rings. The molecule has 2 fully saturated rings. The van der Waals surface area contributed by atoms with Gasteiger partial charge in [0.25, 0.3) is 0 Å². The highest BCUT2D eigenvalue weighted by molar-refractivity contribution is 5.99. The second kappa shape index (κ2) is 4.80. The van der Waals surface area contributed by atoms with Gasteiger partial charge in [-0.15, -0.1) is 0 Å². The highest BCUT2D eigenvalue weighted by atomic mass is 16.6. The lowest BCUT2D eigenvalue weighted by Gasteiger charge is -2.39. The Morgan fingerprint density at radius 3 is 2.77 bits per heavy atom. The highest BCUT2D eigenvalue weighted by Crippen LogP contribution is 2.54. The van der Waals surface area contributed by atoms with Crippen LogP contribution in [0.5, 0.6) is 0 Å². The smallest absolute Gasteiger partial charge is 0.334 e. The van der Waals surface area contributed by atoms with Gasteiger partial charge in [-0.1, -0.05) is 19.6 Å². The summed E-state index contributed by atoms with van der Waals surface area (Å²) in [5.74, 6) is -1.35. The number of carbonyl (C=O) groups is 3. The Hall–Kier alpha value is -1.91. The molecule has 3 rings (SSSR count). The maximum Gasteiger partial charge on any atom is 0.334 e. The van der Waals surface area contributed by atoms with Crippen molar-refractivity contribution in [1.29, 1.82) is 0 Å². The van der Waals surface area contributed by atoms with E-state index in [-0.39, 0.29) is 23.7 Å². The molecule has 5 nitrogen and oxygen atoms in total. The van der Waals surface area contributed by atoms with E-state index >= 15 is 0 Å². The van der Waals surface area contributed by atoms with E-state index in [4.69, 9.17) is 9.47 Å². The SMILES string of the molecule is C=C1C(=O)OC2CC(C)C3C=CC(=O)[C@@]3(C)C(OC(C)=O)C12. The predicted octanol–water partition coefficient (Wildman–Crippen LogP) is 1.82. The number of esters is 2. The minimum Gasteiger partial charge on any atom is -0.461 e. The number of allylic oxidation sites excluding steroid dienone is 2. The van der Waals surface area contributed by atoms with Crippen LogP contribution in [-0.4, -0.2) is 29.9 Å². The summed E-state index contributed by atoms with van der Waals surface area (Å²) in [7, 11) is 0. The van der Waals surface area contributed by atoms with Gasteiger partial charge >= 0.3 is 11.9 Å². The van der Waals surface area contributed by atoms with Crippen LogP contribution in [0.3, 0.4) is 0 Å². The second-order valence-electron chi connectivity index (χ2n) is 6.77. The normalized spacial score (nSPS) is 43.4. The summed E-state index contributed by atoms with van der Waals surface area (Å²) < 4.78 is 11.0. The lowest BCUT2D eigenvalue weighted by molar-refractivity contribution is -0.162. The quantitative estimate of drug-likeness (QED) is 0.546. The number of hydrogen-bond donors (Lipinski definition) is 0. The average Bonchev–Trinajstić information content (AvgIpc) is 2.84. The molecule has 2 aliphatic carbocycles. The summed E-state index contributed by atoms with van der Waals surface area (Å²) >= 11 is 0. The van der Waals surface area contributed by atoms with E-state index in [0.717, 1.165) is 0 Å². The Labute approximate surface area is 129 Å². The number of ketones is 1. The fourth-order valence-corrected chi connectivity index (χ4v) is 4.33. The molecular weight excluding hydrogens is 284 g/mol. The van der Waals surface area contributed by atoms with Gasteiger partial charge < -0.3 is 9.47 Å². The Bertz CT molecular complexity index is 604. The molecule has 5 unspecified atom stereocenters. The molecule has 3 aliphatic rings. The molecule has 6 atom stereocenters. The third-order valence-electron chi connectivity index (χ3n) is 5.43. The number of ether oxygens (including phenoxy) is 2. The van der Waals surface area contributed by atoms with Crippen molar-refractivity contribution in [3.63, 3.8) is 0 Å². The summed E-state index contributed by atoms with van der Waals surface area (Å²) in [5.41, 5.74) is -0.577. The average molecular weight is 304 g/mol. The summed E-state index contributed by atoms with van der Waals surface area (Å²) in [4.78, 5) is 36.1. The van der Waals surface area contributed by atoms with Crippen molar-refractivity contribution in [2.24, 2.45) is 23.2 Å². The molecule has 1 saturated carbocycles. The Balaban J connectivity index is 2.12. The fourth-order valence-electron chi connectivity index (χ4n) is 4.33. The summed E-state index contributed by atoms with van der Waals surface area (Å²) in [5, 5.41) is 0. The van der Waals surface area contributed by atoms with Crippen molar-refractivity contribution in [1.82, 2.24) is 0 Å². The van der Waals surface area contributed by atoms with Gasteiger partial charge in [-0.2, -0.15) is 0 Å². The van der Waals surface area contributed by atoms with Gasteiger partial charge in [0.05, 0.1) is 11.3 Å². The zero-order chi connectivity index (χ0) is 16.2. The molecule has 22 heavy (non-hydrogen) atoms. The Morgan fingerprint density at radius 1 is 1.45 bits per heavy atom. The molecule has 1 heterocycles. The Kier molecular flexibility index (Phi) is 3.27. The van der Waals surface area contributed by atoms with Crippen LogP contribution in [0.15, 0.2) is 24.3 Å². The van der Waals surface area contributed by atoms with Crippen molar-refractivity contribution < 1.29 is 23.9 Å². The summed E-state index contributed by atoms with van der Waals surface area (Å²) in [6.45, 7) is 8.99. The van der Waals surface area contributed by atoms with Crippen molar-refractivity contribution in [2.75, 3.05) is 0 Å². The van der Waals surface area contributed by atoms with Crippen molar-refractivity contribution in [3.05, 3.63) is 24.3 Å². The van der Waals surface area contributed by atoms with E-state index in [1.165, 1.54) is 6.92 Å². The van der Waals surface area contributed by atoms with E-state index < -0.39 is 29.4 Å². The monoisotopic (exact) mass is 304 g/mol. The summed E-state index contributed by atoms with van der Waals surface area (Å²) in [6.07, 6.45) is 2.98. The molecule has 0 radical (unpaired) electrons. The van der Waals surface area contributed by atoms with Gasteiger partial charge in [0.15, 0.2) is 5.78 Å². The van der Waals surface area contributed by atoms with Gasteiger partial charge in [-0.3, -0.25) is 9.59 Å². The zero-order valence-electron chi connectivity index (χ0n) is 13.0. The molecule has 5 heteroatoms. The molecule has 0 bridgehead atoms. The first-order valence-corrected chi connectivity index (χ1v) is 7.56. The van der Waals surface area contributed by atoms with Crippen molar-refractivity contribution >= 4 is 17.7 Å². The molecule has 1 aliphatic heterocycles. The molecule has 0 N–H and O–H groups in total. The molecule has 0 amide bonds. The molecular formula is C17H20O5. The second-order valence-corrected chi connectivity index (χ2v) is 6.77. The molecule has 0 aromatic heterocycles.